The summed E-state index contributed by atoms with van der Waals surface area (Å²) < 4.78 is 5.01. The Morgan fingerprint density at radius 3 is 2.72 bits per heavy atom. The quantitative estimate of drug-likeness (QED) is 0.357. The fourth-order valence-electron chi connectivity index (χ4n) is 1.98. The van der Waals surface area contributed by atoms with E-state index in [1.54, 1.807) is 25.1 Å². The van der Waals surface area contributed by atoms with E-state index in [2.05, 4.69) is 10.2 Å². The second-order valence-electron chi connectivity index (χ2n) is 4.88. The molecule has 0 radical (unpaired) electrons. The summed E-state index contributed by atoms with van der Waals surface area (Å²) in [5.41, 5.74) is 7.78. The molecule has 2 aromatic carbocycles. The van der Waals surface area contributed by atoms with Gasteiger partial charge in [-0.1, -0.05) is 65.8 Å². The van der Waals surface area contributed by atoms with Crippen LogP contribution in [0.2, 0.25) is 5.02 Å². The lowest BCUT2D eigenvalue weighted by Crippen LogP contribution is -2.09. The van der Waals surface area contributed by atoms with Gasteiger partial charge in [-0.25, -0.2) is 4.79 Å². The van der Waals surface area contributed by atoms with Crippen molar-refractivity contribution in [1.82, 2.24) is 0 Å². The van der Waals surface area contributed by atoms with Crippen molar-refractivity contribution in [1.29, 1.82) is 0 Å². The van der Waals surface area contributed by atoms with Crippen LogP contribution in [0.1, 0.15) is 28.4 Å². The molecule has 0 heterocycles. The van der Waals surface area contributed by atoms with Crippen LogP contribution in [-0.4, -0.2) is 24.0 Å². The summed E-state index contributed by atoms with van der Waals surface area (Å²) in [7, 11) is 0. The number of nitrogens with two attached hydrogens (primary N) is 1. The first-order chi connectivity index (χ1) is 12.1. The van der Waals surface area contributed by atoms with Crippen LogP contribution in [0.3, 0.4) is 0 Å². The Hall–Kier alpha value is -2.31. The van der Waals surface area contributed by atoms with Crippen LogP contribution in [0.5, 0.6) is 0 Å². The number of nitrogens with zero attached hydrogens (tertiary/aromatic N) is 2. The van der Waals surface area contributed by atoms with E-state index in [0.717, 1.165) is 5.56 Å². The van der Waals surface area contributed by atoms with Crippen molar-refractivity contribution in [2.75, 3.05) is 6.61 Å². The van der Waals surface area contributed by atoms with Crippen molar-refractivity contribution in [3.63, 3.8) is 0 Å². The number of hydrogen-bond acceptors (Lipinski definition) is 5. The van der Waals surface area contributed by atoms with Crippen molar-refractivity contribution in [2.24, 2.45) is 15.9 Å². The number of thioether (sulfide) groups is 1. The number of esters is 1. The molecule has 130 valence electrons. The largest absolute Gasteiger partial charge is 0.462 e. The molecule has 0 atom stereocenters. The Kier molecular flexibility index (Phi) is 7.50. The van der Waals surface area contributed by atoms with E-state index in [4.69, 9.17) is 22.1 Å². The molecule has 0 bridgehead atoms. The third-order valence-corrected chi connectivity index (χ3v) is 4.28. The van der Waals surface area contributed by atoms with Gasteiger partial charge < -0.3 is 10.5 Å². The Morgan fingerprint density at radius 1 is 1.24 bits per heavy atom. The molecule has 0 saturated heterocycles. The van der Waals surface area contributed by atoms with Crippen LogP contribution in [0.25, 0.3) is 0 Å². The van der Waals surface area contributed by atoms with Crippen molar-refractivity contribution in [3.8, 4) is 0 Å². The fourth-order valence-corrected chi connectivity index (χ4v) is 2.85. The molecule has 0 unspecified atom stereocenters. The summed E-state index contributed by atoms with van der Waals surface area (Å²) in [6.07, 6.45) is 1.44. The summed E-state index contributed by atoms with van der Waals surface area (Å²) in [6.45, 7) is 2.00. The van der Waals surface area contributed by atoms with E-state index in [9.17, 15) is 4.79 Å². The van der Waals surface area contributed by atoms with E-state index in [1.807, 2.05) is 30.3 Å². The van der Waals surface area contributed by atoms with Crippen LogP contribution in [0.15, 0.2) is 58.7 Å². The van der Waals surface area contributed by atoms with Crippen molar-refractivity contribution < 1.29 is 9.53 Å². The van der Waals surface area contributed by atoms with Gasteiger partial charge in [-0.3, -0.25) is 0 Å². The minimum Gasteiger partial charge on any atom is -0.462 e. The zero-order valence-corrected chi connectivity index (χ0v) is 15.3. The zero-order valence-electron chi connectivity index (χ0n) is 13.7. The molecule has 0 saturated carbocycles. The molecule has 0 spiro atoms. The van der Waals surface area contributed by atoms with Crippen LogP contribution >= 0.6 is 23.4 Å². The van der Waals surface area contributed by atoms with E-state index < -0.39 is 5.97 Å². The number of carbonyl (C=O) groups excluding carboxylic acids is 1. The van der Waals surface area contributed by atoms with Gasteiger partial charge in [0.2, 0.25) is 0 Å². The molecule has 0 aliphatic rings. The lowest BCUT2D eigenvalue weighted by molar-refractivity contribution is 0.0526. The highest BCUT2D eigenvalue weighted by Crippen LogP contribution is 2.20. The first kappa shape index (κ1) is 19.0. The first-order valence-corrected chi connectivity index (χ1v) is 8.97. The van der Waals surface area contributed by atoms with Crippen molar-refractivity contribution >= 4 is 40.7 Å². The van der Waals surface area contributed by atoms with Gasteiger partial charge in [-0.05, 0) is 18.6 Å². The molecule has 0 amide bonds. The summed E-state index contributed by atoms with van der Waals surface area (Å²) in [5, 5.41) is 8.53. The third kappa shape index (κ3) is 5.92. The second-order valence-corrected chi connectivity index (χ2v) is 6.28. The molecule has 5 nitrogen and oxygen atoms in total. The van der Waals surface area contributed by atoms with E-state index in [-0.39, 0.29) is 12.2 Å². The number of benzene rings is 2. The number of ether oxygens (including phenoxy) is 1. The topological polar surface area (TPSA) is 77.0 Å². The molecule has 2 rings (SSSR count). The molecule has 0 aliphatic carbocycles. The number of rotatable bonds is 6. The Balaban J connectivity index is 2.06. The standard InChI is InChI=1S/C18H18ClN3O2S/c1-2-24-17(23)16-14(9-6-10-15(16)19)11-21-22-18(20)25-12-13-7-4-3-5-8-13/h3-11H,2,12H2,1H3,(H2,20,22). The number of hydrogen-bond donors (Lipinski definition) is 1. The van der Waals surface area contributed by atoms with Crippen LogP contribution in [-0.2, 0) is 10.5 Å². The predicted octanol–water partition coefficient (Wildman–Crippen LogP) is 4.10. The fraction of sp³-hybridized carbons (Fsp3) is 0.167. The van der Waals surface area contributed by atoms with Gasteiger partial charge in [0.05, 0.1) is 23.4 Å². The summed E-state index contributed by atoms with van der Waals surface area (Å²) in [4.78, 5) is 12.0. The maximum atomic E-state index is 12.0. The summed E-state index contributed by atoms with van der Waals surface area (Å²) >= 11 is 7.47. The first-order valence-electron chi connectivity index (χ1n) is 7.60. The highest BCUT2D eigenvalue weighted by molar-refractivity contribution is 8.13. The summed E-state index contributed by atoms with van der Waals surface area (Å²) in [6, 6.07) is 15.0. The highest BCUT2D eigenvalue weighted by atomic mass is 35.5. The molecule has 0 aliphatic heterocycles. The second kappa shape index (κ2) is 9.86. The highest BCUT2D eigenvalue weighted by Gasteiger charge is 2.15. The summed E-state index contributed by atoms with van der Waals surface area (Å²) in [5.74, 6) is 0.210. The van der Waals surface area contributed by atoms with Gasteiger partial charge in [-0.15, -0.1) is 5.10 Å². The molecule has 25 heavy (non-hydrogen) atoms. The van der Waals surface area contributed by atoms with E-state index >= 15 is 0 Å². The predicted molar refractivity (Wildman–Crippen MR) is 104 cm³/mol. The normalized spacial score (nSPS) is 11.7. The lowest BCUT2D eigenvalue weighted by atomic mass is 10.1. The van der Waals surface area contributed by atoms with Crippen LogP contribution in [0, 0.1) is 0 Å². The molecule has 0 fully saturated rings. The average molecular weight is 376 g/mol. The Bertz CT molecular complexity index is 779. The van der Waals surface area contributed by atoms with Gasteiger partial charge in [0.15, 0.2) is 5.17 Å². The van der Waals surface area contributed by atoms with E-state index in [0.29, 0.717) is 21.5 Å². The number of carbonyl (C=O) groups is 1. The van der Waals surface area contributed by atoms with Gasteiger partial charge in [0.25, 0.3) is 0 Å². The lowest BCUT2D eigenvalue weighted by Gasteiger charge is -2.06. The molecule has 0 aromatic heterocycles. The van der Waals surface area contributed by atoms with Crippen molar-refractivity contribution in [3.05, 3.63) is 70.2 Å². The molecule has 2 N–H and O–H groups in total. The SMILES string of the molecule is CCOC(=O)c1c(Cl)cccc1C=NN=C(N)SCc1ccccc1. The van der Waals surface area contributed by atoms with Crippen molar-refractivity contribution in [2.45, 2.75) is 12.7 Å². The zero-order chi connectivity index (χ0) is 18.1. The average Bonchev–Trinajstić information content (AvgIpc) is 2.61. The third-order valence-electron chi connectivity index (χ3n) is 3.11. The molecular formula is C18H18ClN3O2S. The van der Waals surface area contributed by atoms with Gasteiger partial charge in [0.1, 0.15) is 0 Å². The molecule has 2 aromatic rings. The molecule has 7 heteroatoms. The van der Waals surface area contributed by atoms with Gasteiger partial charge in [0, 0.05) is 11.3 Å². The Morgan fingerprint density at radius 2 is 2.00 bits per heavy atom. The van der Waals surface area contributed by atoms with Gasteiger partial charge >= 0.3 is 5.97 Å². The van der Waals surface area contributed by atoms with E-state index in [1.165, 1.54) is 18.0 Å². The maximum Gasteiger partial charge on any atom is 0.340 e. The minimum absolute atomic E-state index is 0.264. The van der Waals surface area contributed by atoms with Gasteiger partial charge in [-0.2, -0.15) is 5.10 Å². The number of amidine groups is 1. The number of halogens is 1. The smallest absolute Gasteiger partial charge is 0.340 e. The minimum atomic E-state index is -0.495. The maximum absolute atomic E-state index is 12.0. The molecular weight excluding hydrogens is 358 g/mol. The van der Waals surface area contributed by atoms with Crippen LogP contribution in [0.4, 0.5) is 0 Å². The van der Waals surface area contributed by atoms with Crippen LogP contribution < -0.4 is 5.73 Å². The Labute approximate surface area is 155 Å². The monoisotopic (exact) mass is 375 g/mol.